The van der Waals surface area contributed by atoms with E-state index in [-0.39, 0.29) is 35.9 Å². The number of tetrazole rings is 1. The molecule has 0 aliphatic carbocycles. The molecular weight excluding hydrogens is 394 g/mol. The Morgan fingerprint density at radius 1 is 1.37 bits per heavy atom. The second-order valence-corrected chi connectivity index (χ2v) is 5.87. The summed E-state index contributed by atoms with van der Waals surface area (Å²) in [4.78, 5) is 23.5. The highest BCUT2D eigenvalue weighted by Gasteiger charge is 2.16. The summed E-state index contributed by atoms with van der Waals surface area (Å²) in [6.07, 6.45) is 1.08. The van der Waals surface area contributed by atoms with Crippen molar-refractivity contribution in [2.24, 2.45) is 5.10 Å². The molecule has 0 radical (unpaired) electrons. The van der Waals surface area contributed by atoms with E-state index in [4.69, 9.17) is 4.74 Å². The summed E-state index contributed by atoms with van der Waals surface area (Å²) in [6, 6.07) is 11.4. The van der Waals surface area contributed by atoms with Crippen molar-refractivity contribution in [1.29, 1.82) is 0 Å². The highest BCUT2D eigenvalue weighted by atomic mass is 16.6. The predicted octanol–water partition coefficient (Wildman–Crippen LogP) is 1.50. The number of carbonyl (C=O) groups excluding carboxylic acids is 1. The second-order valence-electron chi connectivity index (χ2n) is 5.87. The lowest BCUT2D eigenvalue weighted by Crippen LogP contribution is -2.24. The van der Waals surface area contributed by atoms with Gasteiger partial charge in [-0.05, 0) is 12.1 Å². The first-order valence-electron chi connectivity index (χ1n) is 8.77. The van der Waals surface area contributed by atoms with E-state index in [0.29, 0.717) is 5.82 Å². The minimum absolute atomic E-state index is 0.0122. The number of aromatic nitrogens is 4. The number of carbonyl (C=O) groups is 1. The molecule has 0 saturated heterocycles. The zero-order chi connectivity index (χ0) is 21.5. The fourth-order valence-electron chi connectivity index (χ4n) is 2.43. The Kier molecular flexibility index (Phi) is 6.27. The third kappa shape index (κ3) is 4.92. The zero-order valence-corrected chi connectivity index (χ0v) is 15.8. The van der Waals surface area contributed by atoms with Crippen LogP contribution in [-0.4, -0.2) is 49.0 Å². The topological polar surface area (TPSA) is 158 Å². The van der Waals surface area contributed by atoms with Gasteiger partial charge in [0.25, 0.3) is 11.6 Å². The van der Waals surface area contributed by atoms with Gasteiger partial charge >= 0.3 is 0 Å². The van der Waals surface area contributed by atoms with E-state index in [9.17, 15) is 20.0 Å². The molecule has 2 N–H and O–H groups in total. The number of nitro groups is 1. The van der Waals surface area contributed by atoms with Crippen molar-refractivity contribution >= 4 is 17.8 Å². The maximum atomic E-state index is 12.0. The fourth-order valence-corrected chi connectivity index (χ4v) is 2.43. The van der Waals surface area contributed by atoms with Crippen molar-refractivity contribution in [3.05, 3.63) is 58.1 Å². The van der Waals surface area contributed by atoms with E-state index >= 15 is 0 Å². The number of nitrogens with zero attached hydrogens (tertiary/aromatic N) is 6. The van der Waals surface area contributed by atoms with Gasteiger partial charge in [-0.15, -0.1) is 10.2 Å². The first-order valence-corrected chi connectivity index (χ1v) is 8.77. The number of hydrogen-bond donors (Lipinski definition) is 2. The van der Waals surface area contributed by atoms with Crippen LogP contribution in [0.3, 0.4) is 0 Å². The third-order valence-electron chi connectivity index (χ3n) is 3.76. The number of benzene rings is 2. The number of non-ortho nitro benzene ring substituents is 1. The number of phenols is 1. The number of ether oxygens (including phenoxy) is 1. The Hall–Kier alpha value is -4.35. The number of phenolic OH excluding ortho intramolecular Hbond substituents is 1. The molecule has 0 spiro atoms. The van der Waals surface area contributed by atoms with Crippen molar-refractivity contribution in [3.63, 3.8) is 0 Å². The standard InChI is InChI=1S/C18H17N7O5/c1-2-30-15-9-14(25(28)29)8-13(17(15)27)10-19-20-16(26)11-24-22-18(21-23-24)12-6-4-3-5-7-12/h3-10,27H,2,11H2,1H3,(H,20,26)/b19-10-. The Labute approximate surface area is 169 Å². The molecule has 0 atom stereocenters. The molecule has 1 heterocycles. The van der Waals surface area contributed by atoms with Crippen LogP contribution < -0.4 is 10.2 Å². The summed E-state index contributed by atoms with van der Waals surface area (Å²) in [5.41, 5.74) is 2.72. The lowest BCUT2D eigenvalue weighted by molar-refractivity contribution is -0.385. The van der Waals surface area contributed by atoms with Crippen LogP contribution in [0.1, 0.15) is 12.5 Å². The largest absolute Gasteiger partial charge is 0.504 e. The SMILES string of the molecule is CCOc1cc([N+](=O)[O-])cc(/C=N\NC(=O)Cn2nnc(-c3ccccc3)n2)c1O. The summed E-state index contributed by atoms with van der Waals surface area (Å²) < 4.78 is 5.18. The zero-order valence-electron chi connectivity index (χ0n) is 15.8. The highest BCUT2D eigenvalue weighted by molar-refractivity contribution is 5.87. The summed E-state index contributed by atoms with van der Waals surface area (Å²) in [7, 11) is 0. The summed E-state index contributed by atoms with van der Waals surface area (Å²) >= 11 is 0. The molecule has 0 aliphatic heterocycles. The smallest absolute Gasteiger partial charge is 0.274 e. The molecule has 2 aromatic carbocycles. The molecule has 3 aromatic rings. The Morgan fingerprint density at radius 2 is 2.13 bits per heavy atom. The molecule has 12 heteroatoms. The number of nitrogens with one attached hydrogen (secondary N) is 1. The van der Waals surface area contributed by atoms with Gasteiger partial charge in [0.1, 0.15) is 6.54 Å². The van der Waals surface area contributed by atoms with Crippen LogP contribution in [-0.2, 0) is 11.3 Å². The molecule has 30 heavy (non-hydrogen) atoms. The Morgan fingerprint density at radius 3 is 2.83 bits per heavy atom. The number of aromatic hydroxyl groups is 1. The molecular formula is C18H17N7O5. The van der Waals surface area contributed by atoms with Crippen molar-refractivity contribution in [2.45, 2.75) is 13.5 Å². The van der Waals surface area contributed by atoms with Gasteiger partial charge in [-0.25, -0.2) is 5.43 Å². The second kappa shape index (κ2) is 9.23. The monoisotopic (exact) mass is 411 g/mol. The van der Waals surface area contributed by atoms with Gasteiger partial charge in [-0.1, -0.05) is 30.3 Å². The van der Waals surface area contributed by atoms with E-state index < -0.39 is 10.8 Å². The average molecular weight is 411 g/mol. The summed E-state index contributed by atoms with van der Waals surface area (Å²) in [5.74, 6) is -0.569. The Bertz CT molecular complexity index is 1080. The van der Waals surface area contributed by atoms with E-state index in [0.717, 1.165) is 28.7 Å². The molecule has 0 bridgehead atoms. The van der Waals surface area contributed by atoms with Crippen LogP contribution in [0.5, 0.6) is 11.5 Å². The van der Waals surface area contributed by atoms with E-state index in [1.165, 1.54) is 0 Å². The van der Waals surface area contributed by atoms with Crippen LogP contribution in [0.4, 0.5) is 5.69 Å². The maximum absolute atomic E-state index is 12.0. The van der Waals surface area contributed by atoms with Gasteiger partial charge in [0.15, 0.2) is 11.5 Å². The molecule has 0 aliphatic rings. The lowest BCUT2D eigenvalue weighted by atomic mass is 10.1. The third-order valence-corrected chi connectivity index (χ3v) is 3.76. The molecule has 3 rings (SSSR count). The first kappa shape index (κ1) is 20.4. The van der Waals surface area contributed by atoms with E-state index in [2.05, 4.69) is 25.9 Å². The van der Waals surface area contributed by atoms with Crippen LogP contribution in [0.15, 0.2) is 47.6 Å². The van der Waals surface area contributed by atoms with Crippen molar-refractivity contribution < 1.29 is 19.6 Å². The predicted molar refractivity (Wildman–Crippen MR) is 105 cm³/mol. The Balaban J connectivity index is 1.66. The van der Waals surface area contributed by atoms with Gasteiger partial charge in [-0.2, -0.15) is 9.90 Å². The van der Waals surface area contributed by atoms with Gasteiger partial charge in [-0.3, -0.25) is 14.9 Å². The minimum Gasteiger partial charge on any atom is -0.504 e. The van der Waals surface area contributed by atoms with Crippen LogP contribution in [0, 0.1) is 10.1 Å². The molecule has 1 aromatic heterocycles. The minimum atomic E-state index is -0.626. The highest BCUT2D eigenvalue weighted by Crippen LogP contribution is 2.33. The van der Waals surface area contributed by atoms with Crippen LogP contribution in [0.2, 0.25) is 0 Å². The van der Waals surface area contributed by atoms with Crippen molar-refractivity contribution in [2.75, 3.05) is 6.61 Å². The number of nitro benzene ring substituents is 1. The van der Waals surface area contributed by atoms with Gasteiger partial charge in [0.2, 0.25) is 5.82 Å². The fraction of sp³-hybridized carbons (Fsp3) is 0.167. The number of hydrazone groups is 1. The average Bonchev–Trinajstić information content (AvgIpc) is 3.19. The lowest BCUT2D eigenvalue weighted by Gasteiger charge is -2.07. The van der Waals surface area contributed by atoms with Gasteiger partial charge in [0, 0.05) is 17.2 Å². The number of amides is 1. The van der Waals surface area contributed by atoms with Crippen LogP contribution in [0.25, 0.3) is 11.4 Å². The van der Waals surface area contributed by atoms with E-state index in [1.54, 1.807) is 6.92 Å². The molecule has 0 unspecified atom stereocenters. The molecule has 154 valence electrons. The molecule has 12 nitrogen and oxygen atoms in total. The maximum Gasteiger partial charge on any atom is 0.274 e. The summed E-state index contributed by atoms with van der Waals surface area (Å²) in [5, 5.41) is 36.7. The van der Waals surface area contributed by atoms with Gasteiger partial charge in [0.05, 0.1) is 23.8 Å². The van der Waals surface area contributed by atoms with Gasteiger partial charge < -0.3 is 9.84 Å². The molecule has 0 saturated carbocycles. The van der Waals surface area contributed by atoms with E-state index in [1.807, 2.05) is 30.3 Å². The van der Waals surface area contributed by atoms with Crippen LogP contribution >= 0.6 is 0 Å². The van der Waals surface area contributed by atoms with Crippen molar-refractivity contribution in [3.8, 4) is 22.9 Å². The summed E-state index contributed by atoms with van der Waals surface area (Å²) in [6.45, 7) is 1.63. The normalized spacial score (nSPS) is 10.8. The molecule has 0 fully saturated rings. The van der Waals surface area contributed by atoms with Crippen molar-refractivity contribution in [1.82, 2.24) is 25.6 Å². The number of hydrogen-bond acceptors (Lipinski definition) is 9. The molecule has 1 amide bonds. The quantitative estimate of drug-likeness (QED) is 0.321. The number of rotatable bonds is 8. The first-order chi connectivity index (χ1) is 14.5.